The van der Waals surface area contributed by atoms with Crippen LogP contribution in [0.15, 0.2) is 36.9 Å². The van der Waals surface area contributed by atoms with Crippen LogP contribution in [0.3, 0.4) is 0 Å². The molecule has 2 aliphatic heterocycles. The normalized spacial score (nSPS) is 13.2. The number of carboxylic acids is 3. The minimum atomic E-state index is -1.10. The van der Waals surface area contributed by atoms with Gasteiger partial charge in [0.05, 0.1) is 22.8 Å². The van der Waals surface area contributed by atoms with Crippen molar-refractivity contribution in [3.63, 3.8) is 0 Å². The number of carbonyl (C=O) groups is 3. The van der Waals surface area contributed by atoms with E-state index in [1.807, 2.05) is 52.0 Å². The van der Waals surface area contributed by atoms with E-state index in [9.17, 15) is 29.7 Å². The third-order valence-electron chi connectivity index (χ3n) is 8.41. The number of aliphatic carboxylic acids is 3. The summed E-state index contributed by atoms with van der Waals surface area (Å²) >= 11 is 0. The van der Waals surface area contributed by atoms with E-state index in [-0.39, 0.29) is 25.7 Å². The molecule has 3 aromatic rings. The van der Waals surface area contributed by atoms with Crippen molar-refractivity contribution in [2.45, 2.75) is 53.4 Å². The van der Waals surface area contributed by atoms with Gasteiger partial charge in [-0.1, -0.05) is 12.7 Å². The fourth-order valence-electron chi connectivity index (χ4n) is 5.87. The summed E-state index contributed by atoms with van der Waals surface area (Å²) in [4.78, 5) is 51.3. The topological polar surface area (TPSA) is 169 Å². The molecule has 5 N–H and O–H groups in total. The van der Waals surface area contributed by atoms with Gasteiger partial charge in [0.1, 0.15) is 0 Å². The minimum Gasteiger partial charge on any atom is -0.481 e. The molecule has 230 valence electrons. The zero-order valence-electron chi connectivity index (χ0n) is 25.5. The molecule has 0 spiro atoms. The van der Waals surface area contributed by atoms with Crippen molar-refractivity contribution in [1.29, 1.82) is 0 Å². The van der Waals surface area contributed by atoms with Gasteiger partial charge >= 0.3 is 17.9 Å². The maximum absolute atomic E-state index is 11.5. The van der Waals surface area contributed by atoms with Crippen LogP contribution in [-0.2, 0) is 14.4 Å². The van der Waals surface area contributed by atoms with Gasteiger partial charge in [-0.15, -0.1) is 0 Å². The number of nitrogens with zero attached hydrogens (tertiary/aromatic N) is 2. The fourth-order valence-corrected chi connectivity index (χ4v) is 5.87. The lowest BCUT2D eigenvalue weighted by Gasteiger charge is -2.02. The van der Waals surface area contributed by atoms with Crippen molar-refractivity contribution in [1.82, 2.24) is 19.9 Å². The number of hydrogen-bond acceptors (Lipinski definition) is 5. The first-order valence-electron chi connectivity index (χ1n) is 14.5. The molecule has 0 amide bonds. The molecule has 8 bridgehead atoms. The summed E-state index contributed by atoms with van der Waals surface area (Å²) in [6.07, 6.45) is 4.75. The summed E-state index contributed by atoms with van der Waals surface area (Å²) in [6, 6.07) is 7.53. The van der Waals surface area contributed by atoms with Crippen molar-refractivity contribution >= 4 is 74.4 Å². The van der Waals surface area contributed by atoms with E-state index in [0.29, 0.717) is 39.4 Å². The predicted octanol–water partition coefficient (Wildman–Crippen LogP) is 7.26. The highest BCUT2D eigenvalue weighted by Gasteiger charge is 2.21. The predicted molar refractivity (Wildman–Crippen MR) is 176 cm³/mol. The van der Waals surface area contributed by atoms with Gasteiger partial charge in [-0.2, -0.15) is 0 Å². The number of aromatic amines is 2. The lowest BCUT2D eigenvalue weighted by atomic mass is 10.0. The lowest BCUT2D eigenvalue weighted by molar-refractivity contribution is -0.137. The summed E-state index contributed by atoms with van der Waals surface area (Å²) in [5.41, 5.74) is 12.0. The molecule has 0 aliphatic carbocycles. The quantitative estimate of drug-likeness (QED) is 0.158. The Morgan fingerprint density at radius 2 is 1.11 bits per heavy atom. The number of nitrogens with one attached hydrogen (secondary N) is 2. The summed E-state index contributed by atoms with van der Waals surface area (Å²) in [5, 5.41) is 28.3. The molecule has 10 nitrogen and oxygen atoms in total. The van der Waals surface area contributed by atoms with Gasteiger partial charge in [0.25, 0.3) is 0 Å². The van der Waals surface area contributed by atoms with Crippen LogP contribution in [0.2, 0.25) is 0 Å². The van der Waals surface area contributed by atoms with Gasteiger partial charge in [-0.3, -0.25) is 9.59 Å². The van der Waals surface area contributed by atoms with Crippen LogP contribution < -0.4 is 0 Å². The van der Waals surface area contributed by atoms with E-state index in [4.69, 9.17) is 9.97 Å². The Labute approximate surface area is 259 Å². The average molecular weight is 607 g/mol. The van der Waals surface area contributed by atoms with E-state index in [1.54, 1.807) is 6.08 Å². The van der Waals surface area contributed by atoms with Crippen molar-refractivity contribution < 1.29 is 29.7 Å². The first kappa shape index (κ1) is 30.9. The molecule has 10 heteroatoms. The maximum atomic E-state index is 11.5. The number of fused-ring (bicyclic) bond motifs is 8. The average Bonchev–Trinajstić information content (AvgIpc) is 3.63. The van der Waals surface area contributed by atoms with Crippen molar-refractivity contribution in [2.75, 3.05) is 0 Å². The molecular formula is C35H34N4O6. The molecule has 45 heavy (non-hydrogen) atoms. The number of aromatic nitrogens is 4. The lowest BCUT2D eigenvalue weighted by Crippen LogP contribution is -1.95. The standard InChI is InChI=1S/C35H34N4O6/c1-6-21-17(2)25-13-26-18(3)23(8-11-34(42)43)31(37-26)16-32-24(9-12-35(44)45)20(5)28(39-32)15-30-22(7-10-33(40)41)19(4)27(38-30)14-29(21)36-25/h6,9,12-16,36,39H,1,7-8,10-11H2,2-5H3,(H,40,41)(H,42,43)(H,44,45)/b12-9+,25-13?,26-13?,27-14?,28-15?,29-14?,30-15?,31-16?,32-16?. The summed E-state index contributed by atoms with van der Waals surface area (Å²) in [7, 11) is 0. The fraction of sp³-hybridized carbons (Fsp3) is 0.229. The van der Waals surface area contributed by atoms with Crippen molar-refractivity contribution in [2.24, 2.45) is 0 Å². The van der Waals surface area contributed by atoms with Crippen LogP contribution >= 0.6 is 0 Å². The molecule has 5 heterocycles. The van der Waals surface area contributed by atoms with Crippen LogP contribution in [-0.4, -0.2) is 53.2 Å². The number of aryl methyl sites for hydroxylation is 2. The van der Waals surface area contributed by atoms with Gasteiger partial charge in [-0.05, 0) is 104 Å². The molecule has 3 aromatic heterocycles. The zero-order chi connectivity index (χ0) is 32.6. The largest absolute Gasteiger partial charge is 0.481 e. The highest BCUT2D eigenvalue weighted by molar-refractivity contribution is 5.97. The van der Waals surface area contributed by atoms with Gasteiger partial charge in [-0.25, -0.2) is 14.8 Å². The highest BCUT2D eigenvalue weighted by atomic mass is 16.4. The van der Waals surface area contributed by atoms with Crippen LogP contribution in [0.1, 0.15) is 84.6 Å². The molecule has 0 atom stereocenters. The molecule has 5 rings (SSSR count). The SMILES string of the molecule is C=Cc1c(C)c2cc3nc(cc4[nH]c(cc5nc(cc1[nH]2)C(C)=C5CCC(=O)O)c(C)c4/C=C/C(=O)O)C(CCC(=O)O)=C3C. The molecule has 0 radical (unpaired) electrons. The van der Waals surface area contributed by atoms with E-state index in [2.05, 4.69) is 16.5 Å². The first-order chi connectivity index (χ1) is 21.4. The number of allylic oxidation sites excluding steroid dienone is 4. The second kappa shape index (κ2) is 12.2. The van der Waals surface area contributed by atoms with Crippen LogP contribution in [0.25, 0.3) is 56.5 Å². The third-order valence-corrected chi connectivity index (χ3v) is 8.41. The highest BCUT2D eigenvalue weighted by Crippen LogP contribution is 2.37. The summed E-state index contributed by atoms with van der Waals surface area (Å²) in [6.45, 7) is 11.7. The van der Waals surface area contributed by atoms with Crippen LogP contribution in [0, 0.1) is 13.8 Å². The molecule has 0 fully saturated rings. The molecule has 0 unspecified atom stereocenters. The van der Waals surface area contributed by atoms with E-state index in [0.717, 1.165) is 56.1 Å². The van der Waals surface area contributed by atoms with Crippen LogP contribution in [0.5, 0.6) is 0 Å². The third kappa shape index (κ3) is 6.12. The number of rotatable bonds is 9. The van der Waals surface area contributed by atoms with Gasteiger partial charge in [0, 0.05) is 52.1 Å². The Morgan fingerprint density at radius 3 is 1.58 bits per heavy atom. The minimum absolute atomic E-state index is 0.0655. The zero-order valence-corrected chi connectivity index (χ0v) is 25.5. The molecular weight excluding hydrogens is 572 g/mol. The molecule has 2 aliphatic rings. The summed E-state index contributed by atoms with van der Waals surface area (Å²) < 4.78 is 0. The second-order valence-corrected chi connectivity index (χ2v) is 11.2. The number of carboxylic acid groups (broad SMARTS) is 3. The van der Waals surface area contributed by atoms with Gasteiger partial charge in [0.15, 0.2) is 0 Å². The maximum Gasteiger partial charge on any atom is 0.328 e. The van der Waals surface area contributed by atoms with Gasteiger partial charge in [0.2, 0.25) is 0 Å². The van der Waals surface area contributed by atoms with E-state index in [1.165, 1.54) is 6.08 Å². The molecule has 0 saturated carbocycles. The Kier molecular flexibility index (Phi) is 8.41. The summed E-state index contributed by atoms with van der Waals surface area (Å²) in [5.74, 6) is -2.94. The number of hydrogen-bond donors (Lipinski definition) is 5. The Morgan fingerprint density at radius 1 is 0.689 bits per heavy atom. The Bertz CT molecular complexity index is 2060. The van der Waals surface area contributed by atoms with Gasteiger partial charge < -0.3 is 25.3 Å². The van der Waals surface area contributed by atoms with Crippen molar-refractivity contribution in [3.8, 4) is 0 Å². The van der Waals surface area contributed by atoms with Crippen molar-refractivity contribution in [3.05, 3.63) is 81.9 Å². The molecule has 0 saturated heterocycles. The molecule has 0 aromatic carbocycles. The monoisotopic (exact) mass is 606 g/mol. The Balaban J connectivity index is 1.94. The van der Waals surface area contributed by atoms with Crippen LogP contribution in [0.4, 0.5) is 0 Å². The second-order valence-electron chi connectivity index (χ2n) is 11.2. The number of H-pyrrole nitrogens is 2. The Hall–Kier alpha value is -5.51. The first-order valence-corrected chi connectivity index (χ1v) is 14.5. The van der Waals surface area contributed by atoms with E-state index < -0.39 is 17.9 Å². The van der Waals surface area contributed by atoms with E-state index >= 15 is 0 Å². The smallest absolute Gasteiger partial charge is 0.328 e.